The summed E-state index contributed by atoms with van der Waals surface area (Å²) < 4.78 is -0.627. The van der Waals surface area contributed by atoms with E-state index in [2.05, 4.69) is 15.9 Å². The van der Waals surface area contributed by atoms with E-state index in [9.17, 15) is 4.79 Å². The summed E-state index contributed by atoms with van der Waals surface area (Å²) in [5.74, 6) is 0. The predicted octanol–water partition coefficient (Wildman–Crippen LogP) is 0.431. The lowest BCUT2D eigenvalue weighted by molar-refractivity contribution is -0.105. The van der Waals surface area contributed by atoms with Crippen LogP contribution in [0.1, 0.15) is 0 Å². The molecule has 2 nitrogen and oxygen atoms in total. The summed E-state index contributed by atoms with van der Waals surface area (Å²) in [6, 6.07) is 1.31. The predicted molar refractivity (Wildman–Crippen MR) is 19.5 cm³/mol. The van der Waals surface area contributed by atoms with Crippen molar-refractivity contribution in [3.63, 3.8) is 0 Å². The molecule has 0 atom stereocenters. The Morgan fingerprint density at radius 2 is 2.20 bits per heavy atom. The maximum absolute atomic E-state index is 9.37. The third-order valence-corrected chi connectivity index (χ3v) is 0.265. The fourth-order valence-corrected chi connectivity index (χ4v) is 0. The average Bonchev–Trinajstić information content (AvgIpc) is 1.38. The van der Waals surface area contributed by atoms with E-state index in [1.807, 2.05) is 0 Å². The number of hydrogen-bond acceptors (Lipinski definition) is 2. The second-order valence-electron chi connectivity index (χ2n) is 0.386. The second kappa shape index (κ2) is 1.91. The number of nitrogens with zero attached hydrogens (tertiary/aromatic N) is 1. The maximum Gasteiger partial charge on any atom is 0.297 e. The minimum absolute atomic E-state index is 0.627. The highest BCUT2D eigenvalue weighted by Gasteiger charge is 1.79. The van der Waals surface area contributed by atoms with Crippen LogP contribution in [0.5, 0.6) is 0 Å². The van der Waals surface area contributed by atoms with E-state index in [1.165, 1.54) is 6.07 Å². The Hall–Kier alpha value is -0.360. The van der Waals surface area contributed by atoms with Crippen LogP contribution in [0, 0.1) is 11.3 Å². The van der Waals surface area contributed by atoms with Crippen molar-refractivity contribution in [3.05, 3.63) is 0 Å². The number of carbonyl (C=O) groups excluding carboxylic acids is 1. The maximum atomic E-state index is 9.37. The molecule has 0 saturated heterocycles. The van der Waals surface area contributed by atoms with Gasteiger partial charge in [-0.25, -0.2) is 0 Å². The molecule has 3 heteroatoms. The van der Waals surface area contributed by atoms with E-state index in [-0.39, 0.29) is 0 Å². The van der Waals surface area contributed by atoms with E-state index >= 15 is 0 Å². The largest absolute Gasteiger partial charge is 0.297 e. The molecule has 0 amide bonds. The van der Waals surface area contributed by atoms with E-state index in [4.69, 9.17) is 5.26 Å². The lowest BCUT2D eigenvalue weighted by atomic mass is 10.9. The first-order chi connectivity index (χ1) is 2.27. The van der Waals surface area contributed by atoms with Gasteiger partial charge in [0.15, 0.2) is 6.07 Å². The molecule has 0 N–H and O–H groups in total. The van der Waals surface area contributed by atoms with Gasteiger partial charge in [-0.2, -0.15) is 5.26 Å². The zero-order valence-corrected chi connectivity index (χ0v) is 3.82. The number of halogens is 1. The molecular formula is C2BrNO. The van der Waals surface area contributed by atoms with E-state index in [1.54, 1.807) is 0 Å². The zero-order chi connectivity index (χ0) is 4.28. The third-order valence-electron chi connectivity index (χ3n) is 0.0879. The SMILES string of the molecule is N#CC(=O)Br. The fourth-order valence-electron chi connectivity index (χ4n) is 0. The lowest BCUT2D eigenvalue weighted by Gasteiger charge is -1.49. The highest BCUT2D eigenvalue weighted by atomic mass is 79.9. The van der Waals surface area contributed by atoms with Crippen molar-refractivity contribution in [2.24, 2.45) is 0 Å². The van der Waals surface area contributed by atoms with Crippen LogP contribution in [-0.4, -0.2) is 4.69 Å². The highest BCUT2D eigenvalue weighted by Crippen LogP contribution is 1.75. The minimum atomic E-state index is -0.627. The molecule has 0 bridgehead atoms. The molecule has 0 fully saturated rings. The van der Waals surface area contributed by atoms with Gasteiger partial charge in [0.1, 0.15) is 0 Å². The highest BCUT2D eigenvalue weighted by molar-refractivity contribution is 9.18. The fraction of sp³-hybridized carbons (Fsp3) is 0. The Bertz CT molecular complexity index is 82.1. The molecule has 0 heterocycles. The molecule has 0 aliphatic heterocycles. The first kappa shape index (κ1) is 4.64. The summed E-state index contributed by atoms with van der Waals surface area (Å²) in [6.45, 7) is 0. The van der Waals surface area contributed by atoms with Crippen LogP contribution < -0.4 is 0 Å². The molecule has 0 aromatic heterocycles. The van der Waals surface area contributed by atoms with E-state index < -0.39 is 4.69 Å². The molecule has 0 spiro atoms. The zero-order valence-electron chi connectivity index (χ0n) is 2.23. The molecule has 0 aromatic carbocycles. The van der Waals surface area contributed by atoms with Gasteiger partial charge in [0.2, 0.25) is 0 Å². The van der Waals surface area contributed by atoms with Gasteiger partial charge in [0.05, 0.1) is 0 Å². The van der Waals surface area contributed by atoms with Gasteiger partial charge >= 0.3 is 0 Å². The molecule has 0 radical (unpaired) electrons. The van der Waals surface area contributed by atoms with Crippen molar-refractivity contribution in [3.8, 4) is 6.07 Å². The molecular weight excluding hydrogens is 134 g/mol. The van der Waals surface area contributed by atoms with Gasteiger partial charge < -0.3 is 0 Å². The van der Waals surface area contributed by atoms with Crippen molar-refractivity contribution in [2.75, 3.05) is 0 Å². The molecule has 26 valence electrons. The van der Waals surface area contributed by atoms with Crippen molar-refractivity contribution in [1.82, 2.24) is 0 Å². The molecule has 0 aliphatic rings. The van der Waals surface area contributed by atoms with Crippen molar-refractivity contribution >= 4 is 20.6 Å². The summed E-state index contributed by atoms with van der Waals surface area (Å²) in [7, 11) is 0. The molecule has 0 rings (SSSR count). The van der Waals surface area contributed by atoms with E-state index in [0.29, 0.717) is 0 Å². The van der Waals surface area contributed by atoms with Gasteiger partial charge in [0.25, 0.3) is 4.69 Å². The van der Waals surface area contributed by atoms with Crippen LogP contribution in [0.2, 0.25) is 0 Å². The summed E-state index contributed by atoms with van der Waals surface area (Å²) in [4.78, 5) is 9.37. The lowest BCUT2D eigenvalue weighted by Crippen LogP contribution is -1.68. The summed E-state index contributed by atoms with van der Waals surface area (Å²) in [5, 5.41) is 7.50. The van der Waals surface area contributed by atoms with Crippen molar-refractivity contribution < 1.29 is 4.79 Å². The van der Waals surface area contributed by atoms with Crippen LogP contribution in [0.4, 0.5) is 0 Å². The third kappa shape index (κ3) is 3.64. The van der Waals surface area contributed by atoms with Crippen molar-refractivity contribution in [2.45, 2.75) is 0 Å². The molecule has 0 unspecified atom stereocenters. The first-order valence-electron chi connectivity index (χ1n) is 0.867. The second-order valence-corrected chi connectivity index (χ2v) is 1.11. The van der Waals surface area contributed by atoms with Crippen molar-refractivity contribution in [1.29, 1.82) is 5.26 Å². The Kier molecular flexibility index (Phi) is 1.78. The van der Waals surface area contributed by atoms with Crippen LogP contribution in [-0.2, 0) is 4.79 Å². The first-order valence-corrected chi connectivity index (χ1v) is 1.66. The Morgan fingerprint density at radius 1 is 2.00 bits per heavy atom. The summed E-state index contributed by atoms with van der Waals surface area (Å²) in [5.41, 5.74) is 0. The monoisotopic (exact) mass is 133 g/mol. The number of carbonyl (C=O) groups is 1. The van der Waals surface area contributed by atoms with Crippen LogP contribution in [0.25, 0.3) is 0 Å². The summed E-state index contributed by atoms with van der Waals surface area (Å²) in [6.07, 6.45) is 0. The Morgan fingerprint density at radius 3 is 2.20 bits per heavy atom. The normalized spacial score (nSPS) is 5.60. The van der Waals surface area contributed by atoms with Crippen LogP contribution in [0.15, 0.2) is 0 Å². The van der Waals surface area contributed by atoms with Crippen LogP contribution in [0.3, 0.4) is 0 Å². The molecule has 5 heavy (non-hydrogen) atoms. The number of nitriles is 1. The van der Waals surface area contributed by atoms with E-state index in [0.717, 1.165) is 0 Å². The topological polar surface area (TPSA) is 40.9 Å². The van der Waals surface area contributed by atoms with Gasteiger partial charge in [0, 0.05) is 15.9 Å². The minimum Gasteiger partial charge on any atom is -0.269 e. The Labute approximate surface area is 37.5 Å². The van der Waals surface area contributed by atoms with Crippen LogP contribution >= 0.6 is 15.9 Å². The van der Waals surface area contributed by atoms with Gasteiger partial charge in [-0.05, 0) is 0 Å². The standard InChI is InChI=1S/C2BrNO/c3-2(5)1-4. The number of rotatable bonds is 0. The number of hydrogen-bond donors (Lipinski definition) is 0. The molecule has 0 aliphatic carbocycles. The molecule has 0 saturated carbocycles. The Balaban J connectivity index is 3.35. The van der Waals surface area contributed by atoms with Gasteiger partial charge in [-0.1, -0.05) is 0 Å². The quantitative estimate of drug-likeness (QED) is 0.356. The summed E-state index contributed by atoms with van der Waals surface area (Å²) >= 11 is 2.37. The average molecular weight is 134 g/mol. The molecule has 0 aromatic rings. The smallest absolute Gasteiger partial charge is 0.269 e. The van der Waals surface area contributed by atoms with Gasteiger partial charge in [-0.15, -0.1) is 0 Å². The van der Waals surface area contributed by atoms with Gasteiger partial charge in [-0.3, -0.25) is 4.79 Å².